The summed E-state index contributed by atoms with van der Waals surface area (Å²) in [6.07, 6.45) is -0.416. The Morgan fingerprint density at radius 2 is 1.62 bits per heavy atom. The van der Waals surface area contributed by atoms with Crippen LogP contribution in [-0.2, 0) is 48.5 Å². The van der Waals surface area contributed by atoms with Crippen molar-refractivity contribution < 1.29 is 46.8 Å². The molecule has 3 rings (SSSR count). The molecule has 0 aliphatic carbocycles. The molecule has 0 saturated carbocycles. The van der Waals surface area contributed by atoms with Gasteiger partial charge in [0.25, 0.3) is 13.3 Å². The molecule has 1 aromatic carbocycles. The van der Waals surface area contributed by atoms with E-state index in [1.165, 1.54) is 29.2 Å². The summed E-state index contributed by atoms with van der Waals surface area (Å²) in [6.45, 7) is 19.4. The lowest BCUT2D eigenvalue weighted by molar-refractivity contribution is -0.384. The van der Waals surface area contributed by atoms with Gasteiger partial charge in [0.2, 0.25) is 17.2 Å². The number of nitro groups is 1. The molecule has 2 fully saturated rings. The third kappa shape index (κ3) is 9.44. The largest absolute Gasteiger partial charge is 0.456 e. The maximum absolute atomic E-state index is 14.5. The molecule has 2 aliphatic heterocycles. The number of thioether (sulfide) groups is 1. The zero-order valence-electron chi connectivity index (χ0n) is 30.7. The zero-order valence-corrected chi connectivity index (χ0v) is 33.4. The van der Waals surface area contributed by atoms with Gasteiger partial charge in [0.15, 0.2) is 13.4 Å². The van der Waals surface area contributed by atoms with Crippen molar-refractivity contribution in [3.63, 3.8) is 0 Å². The SMILES string of the molecule is CCOP(OCC)(OCC)=C(C(=O)OCc1ccc([N+](=O)[O-])cc1)N1C(=O)[C@H]([C@@H](C)O[Si](C)(C)C(C)(C)C)[C@H]1[C@@H](C)C(=O)S[C@H]1CNC(=O)C1. The lowest BCUT2D eigenvalue weighted by Gasteiger charge is -2.53. The van der Waals surface area contributed by atoms with Crippen LogP contribution in [0.3, 0.4) is 0 Å². The van der Waals surface area contributed by atoms with Crippen LogP contribution >= 0.6 is 19.3 Å². The number of ether oxygens (including phenoxy) is 1. The number of β-lactam (4-membered cyclic amide) rings is 1. The van der Waals surface area contributed by atoms with E-state index >= 15 is 0 Å². The Balaban J connectivity index is 2.15. The number of nitro benzene ring substituents is 1. The number of carbonyl (C=O) groups excluding carboxylic acids is 4. The summed E-state index contributed by atoms with van der Waals surface area (Å²) in [5.74, 6) is -3.16. The maximum atomic E-state index is 14.5. The Morgan fingerprint density at radius 3 is 2.08 bits per heavy atom. The van der Waals surface area contributed by atoms with Crippen LogP contribution < -0.4 is 5.32 Å². The number of nitrogens with one attached hydrogen (secondary N) is 1. The van der Waals surface area contributed by atoms with Crippen LogP contribution in [0.15, 0.2) is 24.3 Å². The summed E-state index contributed by atoms with van der Waals surface area (Å²) in [7, 11) is -6.17. The second-order valence-corrected chi connectivity index (χ2v) is 22.0. The second kappa shape index (κ2) is 17.3. The number of esters is 1. The molecule has 0 radical (unpaired) electrons. The minimum Gasteiger partial charge on any atom is -0.456 e. The third-order valence-corrected chi connectivity index (χ3v) is 17.7. The van der Waals surface area contributed by atoms with E-state index < -0.39 is 56.7 Å². The normalized spacial score (nSPS) is 20.9. The fourth-order valence-electron chi connectivity index (χ4n) is 5.65. The van der Waals surface area contributed by atoms with Gasteiger partial charge in [-0.2, -0.15) is 0 Å². The van der Waals surface area contributed by atoms with E-state index in [1.54, 1.807) is 27.7 Å². The standard InChI is InChI=1S/C33H52N3O11PSSi/c1-11-44-48(45-12-2,46-13-3)30(31(39)43-20-23-14-16-24(17-15-23)36(41)42)35-28(21(4)32(40)49-25-18-26(37)34-19-25)27(29(35)38)22(5)47-50(9,10)33(6,7)8/h14-17,21-22,25,27-28H,11-13,18-20H2,1-10H3,(H,34,37)/t21-,22-,25-,27-,28-/m1/s1. The first-order valence-electron chi connectivity index (χ1n) is 16.9. The molecule has 2 heterocycles. The smallest absolute Gasteiger partial charge is 0.362 e. The number of non-ortho nitro benzene ring substituents is 1. The fraction of sp³-hybridized carbons (Fsp3) is 0.667. The fourth-order valence-corrected chi connectivity index (χ4v) is 10.6. The molecule has 0 spiro atoms. The summed E-state index contributed by atoms with van der Waals surface area (Å²) in [5, 5.41) is 13.2. The van der Waals surface area contributed by atoms with Crippen LogP contribution in [0, 0.1) is 22.0 Å². The Morgan fingerprint density at radius 1 is 1.06 bits per heavy atom. The highest BCUT2D eigenvalue weighted by atomic mass is 32.2. The first-order chi connectivity index (χ1) is 23.3. The van der Waals surface area contributed by atoms with Gasteiger partial charge in [-0.15, -0.1) is 0 Å². The van der Waals surface area contributed by atoms with Crippen LogP contribution in [0.2, 0.25) is 18.1 Å². The van der Waals surface area contributed by atoms with Gasteiger partial charge < -0.3 is 28.1 Å². The van der Waals surface area contributed by atoms with Crippen LogP contribution in [0.5, 0.6) is 0 Å². The van der Waals surface area contributed by atoms with Gasteiger partial charge in [-0.3, -0.25) is 29.4 Å². The van der Waals surface area contributed by atoms with Gasteiger partial charge in [0.1, 0.15) is 6.61 Å². The van der Waals surface area contributed by atoms with Crippen molar-refractivity contribution in [1.29, 1.82) is 0 Å². The van der Waals surface area contributed by atoms with Crippen LogP contribution in [0.4, 0.5) is 5.69 Å². The van der Waals surface area contributed by atoms with Gasteiger partial charge in [0.05, 0.1) is 42.8 Å². The Hall–Kier alpha value is -2.59. The number of nitrogens with zero attached hydrogens (tertiary/aromatic N) is 2. The van der Waals surface area contributed by atoms with Crippen LogP contribution in [-0.4, -0.2) is 90.2 Å². The summed E-state index contributed by atoms with van der Waals surface area (Å²) in [4.78, 5) is 66.5. The number of hydrogen-bond acceptors (Lipinski definition) is 12. The number of hydrogen-bond donors (Lipinski definition) is 1. The predicted octanol–water partition coefficient (Wildman–Crippen LogP) is 5.66. The zero-order chi connectivity index (χ0) is 37.6. The van der Waals surface area contributed by atoms with Crippen LogP contribution in [0.25, 0.3) is 0 Å². The van der Waals surface area contributed by atoms with Crippen molar-refractivity contribution in [3.05, 3.63) is 39.9 Å². The number of benzene rings is 1. The minimum absolute atomic E-state index is 0.0704. The molecule has 2 aliphatic rings. The minimum atomic E-state index is -3.78. The predicted molar refractivity (Wildman–Crippen MR) is 195 cm³/mol. The topological polar surface area (TPSA) is 173 Å². The molecular weight excluding hydrogens is 706 g/mol. The highest BCUT2D eigenvalue weighted by Crippen LogP contribution is 2.56. The van der Waals surface area contributed by atoms with E-state index in [4.69, 9.17) is 22.7 Å². The average Bonchev–Trinajstić information content (AvgIpc) is 3.44. The first-order valence-corrected chi connectivity index (χ1v) is 22.3. The first kappa shape index (κ1) is 41.8. The van der Waals surface area contributed by atoms with Gasteiger partial charge in [-0.05, 0) is 63.5 Å². The molecule has 1 aromatic rings. The highest BCUT2D eigenvalue weighted by molar-refractivity contribution is 8.14. The molecule has 0 unspecified atom stereocenters. The van der Waals surface area contributed by atoms with Crippen LogP contribution in [0.1, 0.15) is 67.4 Å². The molecule has 2 saturated heterocycles. The summed E-state index contributed by atoms with van der Waals surface area (Å²) in [5.41, 5.74) is 0.0830. The van der Waals surface area contributed by atoms with Gasteiger partial charge >= 0.3 is 5.97 Å². The molecule has 17 heteroatoms. The van der Waals surface area contributed by atoms with Crippen molar-refractivity contribution in [3.8, 4) is 0 Å². The van der Waals surface area contributed by atoms with Crippen molar-refractivity contribution in [2.45, 2.75) is 104 Å². The van der Waals surface area contributed by atoms with E-state index in [0.717, 1.165) is 11.8 Å². The lowest BCUT2D eigenvalue weighted by Crippen LogP contribution is -2.71. The number of rotatable bonds is 17. The summed E-state index contributed by atoms with van der Waals surface area (Å²) in [6, 6.07) is 4.67. The van der Waals surface area contributed by atoms with Crippen molar-refractivity contribution in [2.24, 2.45) is 11.8 Å². The molecule has 50 heavy (non-hydrogen) atoms. The average molecular weight is 758 g/mol. The molecule has 0 aromatic heterocycles. The summed E-state index contributed by atoms with van der Waals surface area (Å²) < 4.78 is 30.8. The van der Waals surface area contributed by atoms with E-state index in [9.17, 15) is 29.3 Å². The molecule has 2 amide bonds. The molecule has 5 atom stereocenters. The maximum Gasteiger partial charge on any atom is 0.362 e. The quantitative estimate of drug-likeness (QED) is 0.0517. The van der Waals surface area contributed by atoms with E-state index in [0.29, 0.717) is 12.1 Å². The van der Waals surface area contributed by atoms with E-state index in [2.05, 4.69) is 39.2 Å². The van der Waals surface area contributed by atoms with Crippen molar-refractivity contribution in [2.75, 3.05) is 26.4 Å². The Kier molecular flexibility index (Phi) is 14.5. The molecule has 280 valence electrons. The number of carbonyl (C=O) groups is 4. The molecule has 1 N–H and O–H groups in total. The van der Waals surface area contributed by atoms with Crippen molar-refractivity contribution in [1.82, 2.24) is 10.2 Å². The Bertz CT molecular complexity index is 1460. The molecular formula is C33H52N3O11PSSi. The number of likely N-dealkylation sites (tertiary alicyclic amines) is 1. The summed E-state index contributed by atoms with van der Waals surface area (Å²) >= 11 is 1.05. The number of amides is 2. The third-order valence-electron chi connectivity index (χ3n) is 9.17. The molecule has 0 bridgehead atoms. The monoisotopic (exact) mass is 757 g/mol. The molecule has 14 nitrogen and oxygen atoms in total. The van der Waals surface area contributed by atoms with Gasteiger partial charge in [-0.25, -0.2) is 4.79 Å². The Labute approximate surface area is 300 Å². The van der Waals surface area contributed by atoms with E-state index in [1.807, 2.05) is 6.92 Å². The second-order valence-electron chi connectivity index (χ2n) is 13.7. The van der Waals surface area contributed by atoms with Gasteiger partial charge in [0, 0.05) is 36.3 Å². The van der Waals surface area contributed by atoms with Gasteiger partial charge in [-0.1, -0.05) is 39.5 Å². The lowest BCUT2D eigenvalue weighted by atomic mass is 9.77. The van der Waals surface area contributed by atoms with E-state index in [-0.39, 0.29) is 65.3 Å². The van der Waals surface area contributed by atoms with Crippen molar-refractivity contribution >= 4 is 61.6 Å². The highest BCUT2D eigenvalue weighted by Gasteiger charge is 2.60.